The number of aromatic nitrogens is 2. The van der Waals surface area contributed by atoms with Crippen LogP contribution in [-0.4, -0.2) is 25.7 Å². The van der Waals surface area contributed by atoms with E-state index in [4.69, 9.17) is 25.1 Å². The fourth-order valence-electron chi connectivity index (χ4n) is 5.31. The average Bonchev–Trinajstić information content (AvgIpc) is 3.24. The van der Waals surface area contributed by atoms with E-state index in [-0.39, 0.29) is 5.92 Å². The molecule has 0 aliphatic heterocycles. The van der Waals surface area contributed by atoms with E-state index in [0.29, 0.717) is 5.71 Å². The first-order chi connectivity index (χ1) is 15.6. The molecular formula is C27H22B2N2O. The number of fused-ring (bicyclic) bond motifs is 5. The molecule has 0 amide bonds. The summed E-state index contributed by atoms with van der Waals surface area (Å²) >= 11 is 0. The van der Waals surface area contributed by atoms with Gasteiger partial charge in [-0.2, -0.15) is 0 Å². The Morgan fingerprint density at radius 3 is 2.53 bits per heavy atom. The molecule has 152 valence electrons. The van der Waals surface area contributed by atoms with Crippen molar-refractivity contribution in [2.75, 3.05) is 0 Å². The van der Waals surface area contributed by atoms with Gasteiger partial charge in [0.25, 0.3) is 0 Å². The van der Waals surface area contributed by atoms with E-state index in [9.17, 15) is 0 Å². The molecule has 0 N–H and O–H groups in total. The Hall–Kier alpha value is -3.07. The second-order valence-electron chi connectivity index (χ2n) is 9.01. The Bertz CT molecular complexity index is 1450. The first kappa shape index (κ1) is 19.6. The SMILES string of the molecule is [B]C([B])(c1ccnc(-c2cc3ccccc3c3c2oc2ncccc23)c1)C1CCCCC1. The van der Waals surface area contributed by atoms with Gasteiger partial charge in [-0.3, -0.25) is 4.98 Å². The van der Waals surface area contributed by atoms with Gasteiger partial charge in [0.15, 0.2) is 0 Å². The van der Waals surface area contributed by atoms with Crippen molar-refractivity contribution in [2.24, 2.45) is 5.92 Å². The van der Waals surface area contributed by atoms with Gasteiger partial charge in [-0.05, 0) is 47.0 Å². The van der Waals surface area contributed by atoms with Gasteiger partial charge in [0.05, 0.1) is 21.4 Å². The van der Waals surface area contributed by atoms with E-state index in [1.807, 2.05) is 24.4 Å². The van der Waals surface area contributed by atoms with Gasteiger partial charge >= 0.3 is 0 Å². The molecule has 6 rings (SSSR count). The van der Waals surface area contributed by atoms with Crippen molar-refractivity contribution >= 4 is 48.5 Å². The van der Waals surface area contributed by atoms with Crippen molar-refractivity contribution in [3.05, 3.63) is 72.6 Å². The van der Waals surface area contributed by atoms with Crippen LogP contribution < -0.4 is 0 Å². The Kier molecular flexibility index (Phi) is 4.60. The van der Waals surface area contributed by atoms with Gasteiger partial charge in [0.2, 0.25) is 5.71 Å². The number of hydrogen-bond acceptors (Lipinski definition) is 3. The molecule has 1 aliphatic carbocycles. The highest BCUT2D eigenvalue weighted by molar-refractivity contribution is 6.40. The minimum absolute atomic E-state index is 0.276. The summed E-state index contributed by atoms with van der Waals surface area (Å²) in [7, 11) is 13.5. The first-order valence-corrected chi connectivity index (χ1v) is 11.4. The molecule has 1 fully saturated rings. The molecule has 0 atom stereocenters. The van der Waals surface area contributed by atoms with Crippen molar-refractivity contribution < 1.29 is 4.42 Å². The topological polar surface area (TPSA) is 38.9 Å². The first-order valence-electron chi connectivity index (χ1n) is 11.4. The molecular weight excluding hydrogens is 390 g/mol. The van der Waals surface area contributed by atoms with E-state index in [1.54, 1.807) is 6.20 Å². The monoisotopic (exact) mass is 412 g/mol. The van der Waals surface area contributed by atoms with Crippen LogP contribution in [0.3, 0.4) is 0 Å². The number of rotatable bonds is 3. The maximum absolute atomic E-state index is 6.74. The highest BCUT2D eigenvalue weighted by Gasteiger charge is 2.31. The molecule has 0 saturated heterocycles. The Morgan fingerprint density at radius 2 is 1.66 bits per heavy atom. The standard InChI is InChI=1S/C27H22B2N2O/c28-27(29,18-8-2-1-3-9-18)19-12-14-30-23(16-19)22-15-17-7-4-5-10-20(17)24-21-11-6-13-31-26(21)32-25(22)24/h4-7,10-16,18H,1-3,8-9H2. The van der Waals surface area contributed by atoms with Crippen LogP contribution in [0.4, 0.5) is 0 Å². The molecule has 32 heavy (non-hydrogen) atoms. The van der Waals surface area contributed by atoms with Crippen molar-refractivity contribution in [1.29, 1.82) is 0 Å². The molecule has 2 aromatic carbocycles. The Labute approximate surface area is 190 Å². The summed E-state index contributed by atoms with van der Waals surface area (Å²) < 4.78 is 6.27. The van der Waals surface area contributed by atoms with Crippen LogP contribution in [0.1, 0.15) is 37.7 Å². The molecule has 1 aliphatic rings. The highest BCUT2D eigenvalue weighted by atomic mass is 16.3. The molecule has 3 heterocycles. The molecule has 1 saturated carbocycles. The summed E-state index contributed by atoms with van der Waals surface area (Å²) in [6, 6.07) is 18.5. The third-order valence-corrected chi connectivity index (χ3v) is 7.06. The molecule has 5 heteroatoms. The number of pyridine rings is 2. The van der Waals surface area contributed by atoms with Crippen molar-refractivity contribution in [3.63, 3.8) is 0 Å². The lowest BCUT2D eigenvalue weighted by molar-refractivity contribution is 0.327. The number of furan rings is 1. The third kappa shape index (κ3) is 3.06. The van der Waals surface area contributed by atoms with Crippen molar-refractivity contribution in [1.82, 2.24) is 9.97 Å². The van der Waals surface area contributed by atoms with Gasteiger partial charge in [0.1, 0.15) is 5.58 Å². The third-order valence-electron chi connectivity index (χ3n) is 7.06. The molecule has 3 nitrogen and oxygen atoms in total. The summed E-state index contributed by atoms with van der Waals surface area (Å²) in [6.07, 6.45) is 9.35. The zero-order valence-corrected chi connectivity index (χ0v) is 17.9. The zero-order chi connectivity index (χ0) is 21.7. The summed E-state index contributed by atoms with van der Waals surface area (Å²) in [6.45, 7) is 0. The predicted molar refractivity (Wildman–Crippen MR) is 132 cm³/mol. The van der Waals surface area contributed by atoms with E-state index in [0.717, 1.165) is 56.8 Å². The van der Waals surface area contributed by atoms with Crippen molar-refractivity contribution in [2.45, 2.75) is 37.3 Å². The minimum Gasteiger partial charge on any atom is -0.437 e. The molecule has 0 unspecified atom stereocenters. The van der Waals surface area contributed by atoms with Crippen molar-refractivity contribution in [3.8, 4) is 11.3 Å². The highest BCUT2D eigenvalue weighted by Crippen LogP contribution is 2.41. The van der Waals surface area contributed by atoms with E-state index in [2.05, 4.69) is 41.4 Å². The molecule has 0 spiro atoms. The number of benzene rings is 2. The largest absolute Gasteiger partial charge is 0.437 e. The van der Waals surface area contributed by atoms with Gasteiger partial charge in [-0.1, -0.05) is 67.1 Å². The van der Waals surface area contributed by atoms with Crippen LogP contribution in [0.15, 0.2) is 71.4 Å². The van der Waals surface area contributed by atoms with Gasteiger partial charge in [0, 0.05) is 28.7 Å². The summed E-state index contributed by atoms with van der Waals surface area (Å²) in [4.78, 5) is 9.15. The Morgan fingerprint density at radius 1 is 0.844 bits per heavy atom. The number of hydrogen-bond donors (Lipinski definition) is 0. The van der Waals surface area contributed by atoms with Gasteiger partial charge < -0.3 is 4.42 Å². The Balaban J connectivity index is 1.58. The zero-order valence-electron chi connectivity index (χ0n) is 17.9. The van der Waals surface area contributed by atoms with Crippen LogP contribution in [0, 0.1) is 5.92 Å². The number of nitrogens with zero attached hydrogens (tertiary/aromatic N) is 2. The summed E-state index contributed by atoms with van der Waals surface area (Å²) in [5, 5.41) is 3.47. The molecule has 4 radical (unpaired) electrons. The van der Waals surface area contributed by atoms with Gasteiger partial charge in [-0.15, -0.1) is 0 Å². The maximum atomic E-state index is 6.74. The lowest BCUT2D eigenvalue weighted by Gasteiger charge is -2.38. The fraction of sp³-hybridized carbons (Fsp3) is 0.259. The lowest BCUT2D eigenvalue weighted by atomic mass is 9.43. The average molecular weight is 412 g/mol. The second-order valence-corrected chi connectivity index (χ2v) is 9.01. The van der Waals surface area contributed by atoms with E-state index in [1.165, 1.54) is 19.3 Å². The van der Waals surface area contributed by atoms with E-state index >= 15 is 0 Å². The summed E-state index contributed by atoms with van der Waals surface area (Å²) in [5.41, 5.74) is 4.08. The van der Waals surface area contributed by atoms with Crippen LogP contribution in [0.25, 0.3) is 44.1 Å². The van der Waals surface area contributed by atoms with Crippen LogP contribution in [0.2, 0.25) is 0 Å². The molecule has 0 bridgehead atoms. The summed E-state index contributed by atoms with van der Waals surface area (Å²) in [5.74, 6) is 0.276. The second kappa shape index (κ2) is 7.51. The smallest absolute Gasteiger partial charge is 0.227 e. The fourth-order valence-corrected chi connectivity index (χ4v) is 5.31. The van der Waals surface area contributed by atoms with Crippen LogP contribution >= 0.6 is 0 Å². The minimum atomic E-state index is -0.872. The molecule has 5 aromatic rings. The van der Waals surface area contributed by atoms with Crippen LogP contribution in [-0.2, 0) is 5.21 Å². The van der Waals surface area contributed by atoms with Gasteiger partial charge in [-0.25, -0.2) is 4.98 Å². The normalized spacial score (nSPS) is 15.6. The van der Waals surface area contributed by atoms with Crippen LogP contribution in [0.5, 0.6) is 0 Å². The quantitative estimate of drug-likeness (QED) is 0.328. The predicted octanol–water partition coefficient (Wildman–Crippen LogP) is 6.27. The van der Waals surface area contributed by atoms with E-state index < -0.39 is 5.21 Å². The molecule has 3 aromatic heterocycles. The lowest BCUT2D eigenvalue weighted by Crippen LogP contribution is -2.37. The maximum Gasteiger partial charge on any atom is 0.227 e.